The molecule has 1 aliphatic heterocycles. The number of benzene rings is 2. The second-order valence-corrected chi connectivity index (χ2v) is 6.32. The summed E-state index contributed by atoms with van der Waals surface area (Å²) in [5.74, 6) is 0.745. The van der Waals surface area contributed by atoms with E-state index in [1.54, 1.807) is 7.11 Å². The fourth-order valence-corrected chi connectivity index (χ4v) is 3.53. The Kier molecular flexibility index (Phi) is 4.14. The minimum atomic E-state index is -0.110. The smallest absolute Gasteiger partial charge is 0.271 e. The highest BCUT2D eigenvalue weighted by atomic mass is 16.5. The van der Waals surface area contributed by atoms with Crippen molar-refractivity contribution in [2.24, 2.45) is 0 Å². The topological polar surface area (TPSA) is 56.1 Å². The highest BCUT2D eigenvalue weighted by Gasteiger charge is 2.17. The summed E-state index contributed by atoms with van der Waals surface area (Å²) in [6.07, 6.45) is 2.84. The summed E-state index contributed by atoms with van der Waals surface area (Å²) < 4.78 is 7.44. The van der Waals surface area contributed by atoms with Crippen LogP contribution in [0.25, 0.3) is 10.8 Å². The Labute approximate surface area is 146 Å². The maximum absolute atomic E-state index is 12.3. The first-order valence-corrected chi connectivity index (χ1v) is 8.66. The van der Waals surface area contributed by atoms with Gasteiger partial charge in [-0.2, -0.15) is 5.10 Å². The van der Waals surface area contributed by atoms with Crippen LogP contribution in [0.2, 0.25) is 0 Å². The molecule has 2 aromatic carbocycles. The van der Waals surface area contributed by atoms with E-state index >= 15 is 0 Å². The lowest BCUT2D eigenvalue weighted by molar-refractivity contribution is 0.0948. The average Bonchev–Trinajstić information content (AvgIpc) is 3.23. The Morgan fingerprint density at radius 2 is 2.16 bits per heavy atom. The number of nitrogens with one attached hydrogen (secondary N) is 1. The van der Waals surface area contributed by atoms with Crippen LogP contribution in [0.5, 0.6) is 5.75 Å². The van der Waals surface area contributed by atoms with Crippen molar-refractivity contribution in [1.82, 2.24) is 15.1 Å². The molecule has 1 N–H and O–H groups in total. The predicted octanol–water partition coefficient (Wildman–Crippen LogP) is 2.96. The van der Waals surface area contributed by atoms with Gasteiger partial charge in [-0.15, -0.1) is 0 Å². The summed E-state index contributed by atoms with van der Waals surface area (Å²) in [6, 6.07) is 14.2. The third kappa shape index (κ3) is 2.97. The van der Waals surface area contributed by atoms with Crippen LogP contribution in [0.1, 0.15) is 28.2 Å². The summed E-state index contributed by atoms with van der Waals surface area (Å²) in [5.41, 5.74) is 2.79. The van der Waals surface area contributed by atoms with Crippen LogP contribution in [0.4, 0.5) is 0 Å². The summed E-state index contributed by atoms with van der Waals surface area (Å²) in [7, 11) is 1.68. The average molecular weight is 335 g/mol. The molecule has 1 amide bonds. The molecule has 0 unspecified atom stereocenters. The van der Waals surface area contributed by atoms with Gasteiger partial charge in [0.2, 0.25) is 0 Å². The maximum Gasteiger partial charge on any atom is 0.271 e. The van der Waals surface area contributed by atoms with Crippen molar-refractivity contribution < 1.29 is 9.53 Å². The summed E-state index contributed by atoms with van der Waals surface area (Å²) >= 11 is 0. The molecule has 25 heavy (non-hydrogen) atoms. The molecule has 0 saturated heterocycles. The molecule has 1 aliphatic rings. The highest BCUT2D eigenvalue weighted by Crippen LogP contribution is 2.28. The molecule has 5 nitrogen and oxygen atoms in total. The van der Waals surface area contributed by atoms with E-state index in [0.717, 1.165) is 41.8 Å². The van der Waals surface area contributed by atoms with E-state index in [4.69, 9.17) is 4.74 Å². The van der Waals surface area contributed by atoms with E-state index in [9.17, 15) is 4.79 Å². The standard InChI is InChI=1S/C20H21N3O2/c1-25-19-9-8-14-5-2-3-7-16(14)17(19)10-11-21-20(24)18-13-15-6-4-12-23(15)22-18/h2-3,5,7-9,13H,4,6,10-12H2,1H3,(H,21,24). The number of carbonyl (C=O) groups is 1. The van der Waals surface area contributed by atoms with E-state index in [1.807, 2.05) is 28.9 Å². The molecule has 128 valence electrons. The molecular formula is C20H21N3O2. The highest BCUT2D eigenvalue weighted by molar-refractivity contribution is 5.92. The molecule has 3 aromatic rings. The summed E-state index contributed by atoms with van der Waals surface area (Å²) in [4.78, 5) is 12.3. The zero-order chi connectivity index (χ0) is 17.2. The second-order valence-electron chi connectivity index (χ2n) is 6.32. The van der Waals surface area contributed by atoms with Crippen LogP contribution in [0.3, 0.4) is 0 Å². The third-order valence-electron chi connectivity index (χ3n) is 4.78. The van der Waals surface area contributed by atoms with Crippen LogP contribution in [0.15, 0.2) is 42.5 Å². The number of amides is 1. The van der Waals surface area contributed by atoms with Gasteiger partial charge in [-0.1, -0.05) is 30.3 Å². The number of fused-ring (bicyclic) bond motifs is 2. The minimum absolute atomic E-state index is 0.110. The van der Waals surface area contributed by atoms with Crippen molar-refractivity contribution in [1.29, 1.82) is 0 Å². The molecule has 4 rings (SSSR count). The van der Waals surface area contributed by atoms with Gasteiger partial charge in [0.15, 0.2) is 0 Å². The zero-order valence-electron chi connectivity index (χ0n) is 14.3. The van der Waals surface area contributed by atoms with Crippen LogP contribution in [0, 0.1) is 0 Å². The van der Waals surface area contributed by atoms with E-state index in [0.29, 0.717) is 18.7 Å². The number of rotatable bonds is 5. The zero-order valence-corrected chi connectivity index (χ0v) is 14.3. The summed E-state index contributed by atoms with van der Waals surface area (Å²) in [5, 5.41) is 9.70. The Balaban J connectivity index is 1.47. The minimum Gasteiger partial charge on any atom is -0.496 e. The molecule has 5 heteroatoms. The van der Waals surface area contributed by atoms with Crippen LogP contribution < -0.4 is 10.1 Å². The van der Waals surface area contributed by atoms with E-state index in [2.05, 4.69) is 28.6 Å². The molecular weight excluding hydrogens is 314 g/mol. The molecule has 0 fully saturated rings. The van der Waals surface area contributed by atoms with Crippen molar-refractivity contribution in [3.05, 3.63) is 59.4 Å². The van der Waals surface area contributed by atoms with Gasteiger partial charge >= 0.3 is 0 Å². The second kappa shape index (κ2) is 6.59. The number of carbonyl (C=O) groups excluding carboxylic acids is 1. The summed E-state index contributed by atoms with van der Waals surface area (Å²) in [6.45, 7) is 1.46. The van der Waals surface area contributed by atoms with Crippen LogP contribution in [-0.2, 0) is 19.4 Å². The van der Waals surface area contributed by atoms with Crippen molar-refractivity contribution in [3.63, 3.8) is 0 Å². The molecule has 1 aromatic heterocycles. The molecule has 0 atom stereocenters. The number of aryl methyl sites for hydroxylation is 2. The van der Waals surface area contributed by atoms with Gasteiger partial charge < -0.3 is 10.1 Å². The fraction of sp³-hybridized carbons (Fsp3) is 0.300. The molecule has 0 bridgehead atoms. The van der Waals surface area contributed by atoms with Gasteiger partial charge in [0, 0.05) is 24.3 Å². The lowest BCUT2D eigenvalue weighted by Crippen LogP contribution is -2.26. The molecule has 0 saturated carbocycles. The first-order valence-electron chi connectivity index (χ1n) is 8.66. The largest absolute Gasteiger partial charge is 0.496 e. The Hall–Kier alpha value is -2.82. The van der Waals surface area contributed by atoms with Gasteiger partial charge in [0.1, 0.15) is 11.4 Å². The molecule has 2 heterocycles. The quantitative estimate of drug-likeness (QED) is 0.780. The Bertz CT molecular complexity index is 908. The van der Waals surface area contributed by atoms with Crippen LogP contribution >= 0.6 is 0 Å². The Morgan fingerprint density at radius 1 is 1.28 bits per heavy atom. The number of hydrogen-bond acceptors (Lipinski definition) is 3. The number of nitrogens with zero attached hydrogens (tertiary/aromatic N) is 2. The number of aromatic nitrogens is 2. The van der Waals surface area contributed by atoms with Gasteiger partial charge in [-0.25, -0.2) is 0 Å². The third-order valence-corrected chi connectivity index (χ3v) is 4.78. The van der Waals surface area contributed by atoms with Crippen molar-refractivity contribution >= 4 is 16.7 Å². The van der Waals surface area contributed by atoms with Crippen molar-refractivity contribution in [3.8, 4) is 5.75 Å². The lowest BCUT2D eigenvalue weighted by Gasteiger charge is -2.12. The predicted molar refractivity (Wildman–Crippen MR) is 97.1 cm³/mol. The van der Waals surface area contributed by atoms with Gasteiger partial charge in [0.25, 0.3) is 5.91 Å². The van der Waals surface area contributed by atoms with Crippen LogP contribution in [-0.4, -0.2) is 29.3 Å². The van der Waals surface area contributed by atoms with Gasteiger partial charge in [0.05, 0.1) is 7.11 Å². The number of hydrogen-bond donors (Lipinski definition) is 1. The van der Waals surface area contributed by atoms with Gasteiger partial charge in [-0.3, -0.25) is 9.48 Å². The normalized spacial score (nSPS) is 13.0. The maximum atomic E-state index is 12.3. The van der Waals surface area contributed by atoms with E-state index in [-0.39, 0.29) is 5.91 Å². The van der Waals surface area contributed by atoms with E-state index in [1.165, 1.54) is 5.39 Å². The number of methoxy groups -OCH3 is 1. The number of ether oxygens (including phenoxy) is 1. The Morgan fingerprint density at radius 3 is 3.00 bits per heavy atom. The molecule has 0 aliphatic carbocycles. The SMILES string of the molecule is COc1ccc2ccccc2c1CCNC(=O)c1cc2n(n1)CCC2. The van der Waals surface area contributed by atoms with E-state index < -0.39 is 0 Å². The van der Waals surface area contributed by atoms with Crippen molar-refractivity contribution in [2.45, 2.75) is 25.8 Å². The first kappa shape index (κ1) is 15.7. The van der Waals surface area contributed by atoms with Gasteiger partial charge in [-0.05, 0) is 42.2 Å². The van der Waals surface area contributed by atoms with Crippen molar-refractivity contribution in [2.75, 3.05) is 13.7 Å². The monoisotopic (exact) mass is 335 g/mol. The lowest BCUT2D eigenvalue weighted by atomic mass is 10.0. The molecule has 0 spiro atoms. The molecule has 0 radical (unpaired) electrons. The first-order chi connectivity index (χ1) is 12.3. The fourth-order valence-electron chi connectivity index (χ4n) is 3.53.